The lowest BCUT2D eigenvalue weighted by molar-refractivity contribution is 0.313. The molecule has 35 heavy (non-hydrogen) atoms. The second-order valence-corrected chi connectivity index (χ2v) is 10.9. The maximum absolute atomic E-state index is 12.5. The molecule has 0 aliphatic carbocycles. The van der Waals surface area contributed by atoms with Gasteiger partial charge < -0.3 is 9.72 Å². The Labute approximate surface area is 204 Å². The topological polar surface area (TPSA) is 84.9 Å². The molecule has 0 unspecified atom stereocenters. The van der Waals surface area contributed by atoms with Crippen LogP contribution in [0.25, 0.3) is 33.1 Å². The van der Waals surface area contributed by atoms with Gasteiger partial charge in [-0.25, -0.2) is 13.4 Å². The Morgan fingerprint density at radius 2 is 1.89 bits per heavy atom. The highest BCUT2D eigenvalue weighted by Crippen LogP contribution is 2.39. The first-order valence-corrected chi connectivity index (χ1v) is 13.4. The smallest absolute Gasteiger partial charge is 0.178 e. The fourth-order valence-corrected chi connectivity index (χ4v) is 5.26. The number of hydrogen-bond donors (Lipinski definition) is 1. The number of nitrogens with one attached hydrogen (secondary N) is 1. The Kier molecular flexibility index (Phi) is 6.26. The van der Waals surface area contributed by atoms with Gasteiger partial charge >= 0.3 is 0 Å². The average Bonchev–Trinajstić information content (AvgIpc) is 3.26. The van der Waals surface area contributed by atoms with Crippen molar-refractivity contribution in [2.45, 2.75) is 31.6 Å². The van der Waals surface area contributed by atoms with E-state index in [1.165, 1.54) is 0 Å². The zero-order chi connectivity index (χ0) is 24.4. The highest BCUT2D eigenvalue weighted by Gasteiger charge is 2.18. The maximum atomic E-state index is 12.5. The van der Waals surface area contributed by atoms with Crippen molar-refractivity contribution in [2.75, 3.05) is 12.4 Å². The van der Waals surface area contributed by atoms with Gasteiger partial charge in [0.1, 0.15) is 11.4 Å². The molecule has 0 bridgehead atoms. The van der Waals surface area contributed by atoms with Gasteiger partial charge in [0.05, 0.1) is 22.8 Å². The number of sulfone groups is 1. The molecule has 5 rings (SSSR count). The molecule has 3 aromatic heterocycles. The molecule has 0 aliphatic heterocycles. The summed E-state index contributed by atoms with van der Waals surface area (Å²) in [6.45, 7) is 4.22. The fraction of sp³-hybridized carbons (Fsp3) is 0.214. The third kappa shape index (κ3) is 4.64. The minimum atomic E-state index is -3.31. The first kappa shape index (κ1) is 23.1. The Morgan fingerprint density at radius 1 is 1.00 bits per heavy atom. The lowest BCUT2D eigenvalue weighted by Crippen LogP contribution is -2.03. The van der Waals surface area contributed by atoms with E-state index in [9.17, 15) is 8.42 Å². The molecule has 1 N–H and O–H groups in total. The van der Waals surface area contributed by atoms with Crippen molar-refractivity contribution in [1.82, 2.24) is 15.0 Å². The van der Waals surface area contributed by atoms with Crippen molar-refractivity contribution in [2.24, 2.45) is 0 Å². The number of pyridine rings is 2. The van der Waals surface area contributed by atoms with E-state index in [0.29, 0.717) is 11.5 Å². The molecule has 0 amide bonds. The second-order valence-electron chi connectivity index (χ2n) is 8.60. The minimum absolute atomic E-state index is 0.0628. The zero-order valence-corrected chi connectivity index (χ0v) is 20.6. The minimum Gasteiger partial charge on any atom is -0.491 e. The molecule has 2 aromatic carbocycles. The van der Waals surface area contributed by atoms with Crippen LogP contribution in [0.1, 0.15) is 24.6 Å². The molecule has 178 valence electrons. The second kappa shape index (κ2) is 9.50. The normalized spacial score (nSPS) is 11.8. The van der Waals surface area contributed by atoms with E-state index in [-0.39, 0.29) is 5.75 Å². The molecule has 0 saturated heterocycles. The van der Waals surface area contributed by atoms with E-state index < -0.39 is 9.84 Å². The van der Waals surface area contributed by atoms with Gasteiger partial charge in [-0.2, -0.15) is 0 Å². The molecule has 6 nitrogen and oxygen atoms in total. The lowest BCUT2D eigenvalue weighted by Gasteiger charge is -2.12. The van der Waals surface area contributed by atoms with E-state index in [1.54, 1.807) is 31.3 Å². The largest absolute Gasteiger partial charge is 0.491 e. The quantitative estimate of drug-likeness (QED) is 0.277. The predicted molar refractivity (Wildman–Crippen MR) is 140 cm³/mol. The number of H-pyrrole nitrogens is 1. The maximum Gasteiger partial charge on any atom is 0.178 e. The molecule has 0 fully saturated rings. The van der Waals surface area contributed by atoms with Crippen LogP contribution in [0.2, 0.25) is 0 Å². The van der Waals surface area contributed by atoms with E-state index in [1.807, 2.05) is 49.5 Å². The van der Waals surface area contributed by atoms with Gasteiger partial charge in [0.25, 0.3) is 0 Å². The summed E-state index contributed by atoms with van der Waals surface area (Å²) in [5.41, 5.74) is 5.50. The molecule has 3 heterocycles. The van der Waals surface area contributed by atoms with Crippen LogP contribution in [-0.2, 0) is 16.3 Å². The molecule has 0 aliphatic rings. The number of fused-ring (bicyclic) bond motifs is 3. The van der Waals surface area contributed by atoms with Crippen molar-refractivity contribution in [3.05, 3.63) is 84.3 Å². The van der Waals surface area contributed by atoms with Gasteiger partial charge in [0, 0.05) is 28.9 Å². The van der Waals surface area contributed by atoms with Crippen LogP contribution in [0, 0.1) is 6.92 Å². The van der Waals surface area contributed by atoms with Gasteiger partial charge in [-0.05, 0) is 78.9 Å². The number of rotatable bonds is 8. The highest BCUT2D eigenvalue weighted by molar-refractivity contribution is 7.91. The Bertz CT molecular complexity index is 1610. The van der Waals surface area contributed by atoms with Crippen LogP contribution in [0.5, 0.6) is 5.75 Å². The summed E-state index contributed by atoms with van der Waals surface area (Å²) in [7, 11) is -3.31. The highest BCUT2D eigenvalue weighted by atomic mass is 32.2. The SMILES string of the molecule is CCS(=O)(=O)c1cccc(-c2ccc(OCCCc3ccccn3)c3[nH]c4ncc(C)cc4c23)c1. The summed E-state index contributed by atoms with van der Waals surface area (Å²) in [5.74, 6) is 0.811. The van der Waals surface area contributed by atoms with Crippen LogP contribution in [0.3, 0.4) is 0 Å². The number of hydrogen-bond acceptors (Lipinski definition) is 5. The molecule has 0 saturated carbocycles. The van der Waals surface area contributed by atoms with E-state index >= 15 is 0 Å². The number of benzene rings is 2. The fourth-order valence-electron chi connectivity index (χ4n) is 4.33. The van der Waals surface area contributed by atoms with E-state index in [0.717, 1.165) is 62.9 Å². The molecule has 7 heteroatoms. The molecular weight excluding hydrogens is 458 g/mol. The first-order valence-electron chi connectivity index (χ1n) is 11.7. The monoisotopic (exact) mass is 485 g/mol. The number of aromatic nitrogens is 3. The van der Waals surface area contributed by atoms with Crippen LogP contribution >= 0.6 is 0 Å². The number of nitrogens with zero attached hydrogens (tertiary/aromatic N) is 2. The lowest BCUT2D eigenvalue weighted by atomic mass is 9.99. The van der Waals surface area contributed by atoms with Crippen LogP contribution in [-0.4, -0.2) is 35.7 Å². The van der Waals surface area contributed by atoms with Crippen molar-refractivity contribution in [1.29, 1.82) is 0 Å². The zero-order valence-electron chi connectivity index (χ0n) is 19.8. The summed E-state index contributed by atoms with van der Waals surface area (Å²) in [6.07, 6.45) is 5.32. The van der Waals surface area contributed by atoms with Crippen molar-refractivity contribution < 1.29 is 13.2 Å². The Morgan fingerprint density at radius 3 is 2.69 bits per heavy atom. The van der Waals surface area contributed by atoms with Gasteiger partial charge in [0.15, 0.2) is 9.84 Å². The van der Waals surface area contributed by atoms with Gasteiger partial charge in [-0.1, -0.05) is 25.1 Å². The van der Waals surface area contributed by atoms with Crippen molar-refractivity contribution in [3.63, 3.8) is 0 Å². The van der Waals surface area contributed by atoms with Crippen LogP contribution in [0.4, 0.5) is 0 Å². The third-order valence-electron chi connectivity index (χ3n) is 6.15. The molecule has 5 aromatic rings. The summed E-state index contributed by atoms with van der Waals surface area (Å²) >= 11 is 0. The predicted octanol–water partition coefficient (Wildman–Crippen LogP) is 5.89. The number of ether oxygens (including phenoxy) is 1. The van der Waals surface area contributed by atoms with Crippen molar-refractivity contribution in [3.8, 4) is 16.9 Å². The molecule has 0 radical (unpaired) electrons. The molecular formula is C28H27N3O3S. The van der Waals surface area contributed by atoms with E-state index in [2.05, 4.69) is 21.0 Å². The number of aromatic amines is 1. The summed E-state index contributed by atoms with van der Waals surface area (Å²) < 4.78 is 31.2. The van der Waals surface area contributed by atoms with Gasteiger partial charge in [-0.15, -0.1) is 0 Å². The average molecular weight is 486 g/mol. The summed E-state index contributed by atoms with van der Waals surface area (Å²) in [4.78, 5) is 12.7. The summed E-state index contributed by atoms with van der Waals surface area (Å²) in [6, 6.07) is 19.1. The molecule has 0 spiro atoms. The Balaban J connectivity index is 1.55. The first-order chi connectivity index (χ1) is 17.0. The summed E-state index contributed by atoms with van der Waals surface area (Å²) in [5, 5.41) is 1.96. The van der Waals surface area contributed by atoms with Crippen LogP contribution in [0.15, 0.2) is 78.0 Å². The van der Waals surface area contributed by atoms with Crippen LogP contribution < -0.4 is 4.74 Å². The third-order valence-corrected chi connectivity index (χ3v) is 7.88. The van der Waals surface area contributed by atoms with Gasteiger partial charge in [0.2, 0.25) is 0 Å². The Hall–Kier alpha value is -3.71. The standard InChI is InChI=1S/C28H27N3O3S/c1-3-35(32,33)22-11-6-8-20(17-22)23-12-13-25(34-15-7-10-21-9-4-5-14-29-21)27-26(23)24-16-19(2)18-30-28(24)31-27/h4-6,8-9,11-14,16-18H,3,7,10,15H2,1-2H3,(H,30,31). The molecule has 0 atom stereocenters. The number of aryl methyl sites for hydroxylation is 2. The van der Waals surface area contributed by atoms with E-state index in [4.69, 9.17) is 4.74 Å². The van der Waals surface area contributed by atoms with Crippen molar-refractivity contribution >= 4 is 31.8 Å². The van der Waals surface area contributed by atoms with Gasteiger partial charge in [-0.3, -0.25) is 4.98 Å².